The second-order valence-electron chi connectivity index (χ2n) is 2.10. The standard InChI is InChI=1S/C5H7N3O2/c9-5-8-3-1-6-2-7-4(3)10-5/h1,4,6-7H,2H2,(H,8,9). The molecule has 2 aliphatic heterocycles. The first kappa shape index (κ1) is 5.55. The van der Waals surface area contributed by atoms with Gasteiger partial charge in [-0.25, -0.2) is 4.79 Å². The molecule has 2 rings (SSSR count). The minimum Gasteiger partial charge on any atom is -0.424 e. The Morgan fingerprint density at radius 1 is 1.70 bits per heavy atom. The molecule has 2 heterocycles. The SMILES string of the molecule is O=C1NC2=CNCNC2O1. The molecule has 5 heteroatoms. The van der Waals surface area contributed by atoms with E-state index in [0.717, 1.165) is 5.70 Å². The molecular weight excluding hydrogens is 134 g/mol. The van der Waals surface area contributed by atoms with Crippen LogP contribution in [0.3, 0.4) is 0 Å². The molecule has 3 N–H and O–H groups in total. The molecule has 1 fully saturated rings. The second kappa shape index (κ2) is 1.88. The molecule has 1 amide bonds. The normalized spacial score (nSPS) is 29.4. The van der Waals surface area contributed by atoms with E-state index in [-0.39, 0.29) is 6.23 Å². The third-order valence-corrected chi connectivity index (χ3v) is 1.40. The van der Waals surface area contributed by atoms with Gasteiger partial charge in [0.2, 0.25) is 0 Å². The fourth-order valence-electron chi connectivity index (χ4n) is 0.959. The van der Waals surface area contributed by atoms with E-state index in [0.29, 0.717) is 6.67 Å². The lowest BCUT2D eigenvalue weighted by Gasteiger charge is -2.16. The first-order chi connectivity index (χ1) is 4.86. The molecule has 5 nitrogen and oxygen atoms in total. The third kappa shape index (κ3) is 0.714. The van der Waals surface area contributed by atoms with Crippen molar-refractivity contribution in [2.75, 3.05) is 6.67 Å². The summed E-state index contributed by atoms with van der Waals surface area (Å²) in [6.07, 6.45) is 1.06. The van der Waals surface area contributed by atoms with Crippen LogP contribution in [0.25, 0.3) is 0 Å². The minimum atomic E-state index is -0.396. The number of carbonyl (C=O) groups excluding carboxylic acids is 1. The summed E-state index contributed by atoms with van der Waals surface area (Å²) >= 11 is 0. The fraction of sp³-hybridized carbons (Fsp3) is 0.400. The average Bonchev–Trinajstić information content (AvgIpc) is 2.27. The van der Waals surface area contributed by atoms with Crippen molar-refractivity contribution in [2.24, 2.45) is 0 Å². The Hall–Kier alpha value is -1.23. The predicted octanol–water partition coefficient (Wildman–Crippen LogP) is -0.956. The fourth-order valence-corrected chi connectivity index (χ4v) is 0.959. The topological polar surface area (TPSA) is 62.4 Å². The van der Waals surface area contributed by atoms with Crippen LogP contribution in [-0.2, 0) is 4.74 Å². The highest BCUT2D eigenvalue weighted by molar-refractivity contribution is 5.73. The lowest BCUT2D eigenvalue weighted by atomic mass is 10.4. The van der Waals surface area contributed by atoms with Crippen molar-refractivity contribution in [3.63, 3.8) is 0 Å². The largest absolute Gasteiger partial charge is 0.424 e. The van der Waals surface area contributed by atoms with Gasteiger partial charge in [0.25, 0.3) is 0 Å². The van der Waals surface area contributed by atoms with Crippen LogP contribution in [0.15, 0.2) is 11.9 Å². The van der Waals surface area contributed by atoms with Crippen LogP contribution in [0.4, 0.5) is 4.79 Å². The van der Waals surface area contributed by atoms with E-state index in [2.05, 4.69) is 16.0 Å². The summed E-state index contributed by atoms with van der Waals surface area (Å²) in [5, 5.41) is 8.37. The van der Waals surface area contributed by atoms with Gasteiger partial charge >= 0.3 is 6.09 Å². The highest BCUT2D eigenvalue weighted by Gasteiger charge is 2.29. The van der Waals surface area contributed by atoms with Gasteiger partial charge in [0.1, 0.15) is 0 Å². The molecule has 0 bridgehead atoms. The van der Waals surface area contributed by atoms with Crippen LogP contribution < -0.4 is 16.0 Å². The van der Waals surface area contributed by atoms with Gasteiger partial charge in [0.15, 0.2) is 6.23 Å². The van der Waals surface area contributed by atoms with Gasteiger partial charge < -0.3 is 10.1 Å². The van der Waals surface area contributed by atoms with E-state index in [1.54, 1.807) is 6.20 Å². The number of fused-ring (bicyclic) bond motifs is 1. The van der Waals surface area contributed by atoms with Crippen molar-refractivity contribution >= 4 is 6.09 Å². The molecular formula is C5H7N3O2. The summed E-state index contributed by atoms with van der Waals surface area (Å²) in [6, 6.07) is 0. The highest BCUT2D eigenvalue weighted by atomic mass is 16.6. The maximum absolute atomic E-state index is 10.6. The molecule has 0 aromatic rings. The van der Waals surface area contributed by atoms with E-state index in [1.165, 1.54) is 0 Å². The highest BCUT2D eigenvalue weighted by Crippen LogP contribution is 2.09. The number of ether oxygens (including phenoxy) is 1. The van der Waals surface area contributed by atoms with Gasteiger partial charge in [-0.3, -0.25) is 10.6 Å². The van der Waals surface area contributed by atoms with Gasteiger partial charge in [-0.1, -0.05) is 0 Å². The van der Waals surface area contributed by atoms with Gasteiger partial charge in [-0.15, -0.1) is 0 Å². The lowest BCUT2D eigenvalue weighted by Crippen LogP contribution is -2.41. The molecule has 10 heavy (non-hydrogen) atoms. The van der Waals surface area contributed by atoms with Crippen molar-refractivity contribution < 1.29 is 9.53 Å². The predicted molar refractivity (Wildman–Crippen MR) is 32.6 cm³/mol. The molecule has 0 aliphatic carbocycles. The molecule has 1 atom stereocenters. The number of alkyl carbamates (subject to hydrolysis) is 1. The zero-order chi connectivity index (χ0) is 6.97. The van der Waals surface area contributed by atoms with Crippen LogP contribution in [0.1, 0.15) is 0 Å². The zero-order valence-electron chi connectivity index (χ0n) is 5.18. The molecule has 0 aromatic carbocycles. The summed E-state index contributed by atoms with van der Waals surface area (Å²) in [6.45, 7) is 0.628. The Balaban J connectivity index is 2.20. The van der Waals surface area contributed by atoms with Gasteiger partial charge in [0, 0.05) is 6.20 Å². The minimum absolute atomic E-state index is 0.270. The molecule has 0 saturated carbocycles. The van der Waals surface area contributed by atoms with Crippen LogP contribution >= 0.6 is 0 Å². The Bertz CT molecular complexity index is 201. The Morgan fingerprint density at radius 3 is 3.40 bits per heavy atom. The van der Waals surface area contributed by atoms with Crippen molar-refractivity contribution in [3.8, 4) is 0 Å². The third-order valence-electron chi connectivity index (χ3n) is 1.40. The number of carbonyl (C=O) groups is 1. The quantitative estimate of drug-likeness (QED) is 0.407. The van der Waals surface area contributed by atoms with Crippen molar-refractivity contribution in [1.29, 1.82) is 0 Å². The van der Waals surface area contributed by atoms with Crippen LogP contribution in [0, 0.1) is 0 Å². The van der Waals surface area contributed by atoms with Crippen molar-refractivity contribution in [2.45, 2.75) is 6.23 Å². The van der Waals surface area contributed by atoms with Gasteiger partial charge in [0.05, 0.1) is 12.4 Å². The van der Waals surface area contributed by atoms with Crippen LogP contribution in [-0.4, -0.2) is 19.0 Å². The first-order valence-electron chi connectivity index (χ1n) is 3.01. The van der Waals surface area contributed by atoms with E-state index >= 15 is 0 Å². The Labute approximate surface area is 57.4 Å². The van der Waals surface area contributed by atoms with Crippen LogP contribution in [0.5, 0.6) is 0 Å². The average molecular weight is 141 g/mol. The molecule has 0 spiro atoms. The maximum Gasteiger partial charge on any atom is 0.413 e. The molecule has 54 valence electrons. The van der Waals surface area contributed by atoms with Gasteiger partial charge in [-0.2, -0.15) is 0 Å². The van der Waals surface area contributed by atoms with E-state index in [9.17, 15) is 4.79 Å². The first-order valence-corrected chi connectivity index (χ1v) is 3.01. The van der Waals surface area contributed by atoms with Crippen molar-refractivity contribution in [1.82, 2.24) is 16.0 Å². The summed E-state index contributed by atoms with van der Waals surface area (Å²) in [4.78, 5) is 10.6. The number of amides is 1. The number of hydrogen-bond donors (Lipinski definition) is 3. The summed E-state index contributed by atoms with van der Waals surface area (Å²) in [5.74, 6) is 0. The van der Waals surface area contributed by atoms with Crippen LogP contribution in [0.2, 0.25) is 0 Å². The van der Waals surface area contributed by atoms with Gasteiger partial charge in [-0.05, 0) is 0 Å². The number of hydrogen-bond acceptors (Lipinski definition) is 4. The molecule has 2 aliphatic rings. The molecule has 0 aromatic heterocycles. The van der Waals surface area contributed by atoms with E-state index < -0.39 is 6.09 Å². The number of nitrogens with one attached hydrogen (secondary N) is 3. The van der Waals surface area contributed by atoms with Crippen molar-refractivity contribution in [3.05, 3.63) is 11.9 Å². The summed E-state index contributed by atoms with van der Waals surface area (Å²) in [5.41, 5.74) is 0.747. The Kier molecular flexibility index (Phi) is 1.04. The zero-order valence-corrected chi connectivity index (χ0v) is 5.18. The Morgan fingerprint density at radius 2 is 2.60 bits per heavy atom. The smallest absolute Gasteiger partial charge is 0.413 e. The molecule has 0 radical (unpaired) electrons. The maximum atomic E-state index is 10.6. The molecule has 1 unspecified atom stereocenters. The second-order valence-corrected chi connectivity index (χ2v) is 2.10. The monoisotopic (exact) mass is 141 g/mol. The van der Waals surface area contributed by atoms with E-state index in [1.807, 2.05) is 0 Å². The number of rotatable bonds is 0. The molecule has 1 saturated heterocycles. The summed E-state index contributed by atoms with van der Waals surface area (Å²) < 4.78 is 4.80. The lowest BCUT2D eigenvalue weighted by molar-refractivity contribution is 0.125. The van der Waals surface area contributed by atoms with E-state index in [4.69, 9.17) is 4.74 Å². The summed E-state index contributed by atoms with van der Waals surface area (Å²) in [7, 11) is 0.